The molecule has 2 saturated heterocycles. The quantitative estimate of drug-likeness (QED) is 0.466. The zero-order chi connectivity index (χ0) is 13.6. The Bertz CT molecular complexity index is 358. The summed E-state index contributed by atoms with van der Waals surface area (Å²) in [6.07, 6.45) is 1.53. The van der Waals surface area contributed by atoms with Gasteiger partial charge in [0.05, 0.1) is 11.5 Å². The molecule has 0 aromatic heterocycles. The molecule has 2 aliphatic rings. The number of Topliss-reactive ketones (excluding diaryl/α,β-unsaturated/α-hetero) is 1. The third kappa shape index (κ3) is 2.02. The average Bonchev–Trinajstić information content (AvgIpc) is 2.67. The number of rotatable bonds is 4. The summed E-state index contributed by atoms with van der Waals surface area (Å²) in [5.74, 6) is -2.33. The van der Waals surface area contributed by atoms with E-state index in [9.17, 15) is 9.90 Å². The van der Waals surface area contributed by atoms with Crippen LogP contribution in [0.5, 0.6) is 0 Å². The number of aliphatic hydroxyl groups is 1. The van der Waals surface area contributed by atoms with Crippen LogP contribution in [-0.2, 0) is 19.3 Å². The fourth-order valence-electron chi connectivity index (χ4n) is 3.03. The van der Waals surface area contributed by atoms with E-state index in [2.05, 4.69) is 22.6 Å². The van der Waals surface area contributed by atoms with Crippen molar-refractivity contribution in [3.05, 3.63) is 0 Å². The Balaban J connectivity index is 2.31. The summed E-state index contributed by atoms with van der Waals surface area (Å²) in [4.78, 5) is 21.6. The summed E-state index contributed by atoms with van der Waals surface area (Å²) in [6, 6.07) is 0. The van der Waals surface area contributed by atoms with Crippen LogP contribution in [-0.4, -0.2) is 33.0 Å². The van der Waals surface area contributed by atoms with Crippen LogP contribution in [0, 0.1) is 5.41 Å². The van der Waals surface area contributed by atoms with Crippen LogP contribution in [0.2, 0.25) is 0 Å². The number of carbonyl (C=O) groups excluding carboxylic acids is 1. The summed E-state index contributed by atoms with van der Waals surface area (Å²) in [6.45, 7) is 4.91. The van der Waals surface area contributed by atoms with E-state index in [4.69, 9.17) is 14.5 Å². The smallest absolute Gasteiger partial charge is 0.210 e. The lowest BCUT2D eigenvalue weighted by Gasteiger charge is -2.37. The highest BCUT2D eigenvalue weighted by Crippen LogP contribution is 2.61. The van der Waals surface area contributed by atoms with Crippen molar-refractivity contribution in [3.8, 4) is 0 Å². The Morgan fingerprint density at radius 2 is 2.11 bits per heavy atom. The Morgan fingerprint density at radius 1 is 1.44 bits per heavy atom. The van der Waals surface area contributed by atoms with E-state index in [1.54, 1.807) is 20.8 Å². The van der Waals surface area contributed by atoms with Gasteiger partial charge in [0.15, 0.2) is 0 Å². The summed E-state index contributed by atoms with van der Waals surface area (Å²) < 4.78 is 6.68. The van der Waals surface area contributed by atoms with Crippen LogP contribution < -0.4 is 0 Å². The molecule has 2 heterocycles. The third-order valence-corrected chi connectivity index (χ3v) is 5.15. The van der Waals surface area contributed by atoms with Gasteiger partial charge >= 0.3 is 0 Å². The van der Waals surface area contributed by atoms with Crippen LogP contribution in [0.15, 0.2) is 0 Å². The minimum Gasteiger partial charge on any atom is -0.363 e. The predicted molar refractivity (Wildman–Crippen MR) is 71.9 cm³/mol. The number of fused-ring (bicyclic) bond motifs is 1. The lowest BCUT2D eigenvalue weighted by molar-refractivity contribution is -0.424. The first kappa shape index (κ1) is 14.6. The van der Waals surface area contributed by atoms with Crippen molar-refractivity contribution in [2.45, 2.75) is 57.7 Å². The highest BCUT2D eigenvalue weighted by Gasteiger charge is 2.72. The first-order chi connectivity index (χ1) is 8.26. The molecule has 5 nitrogen and oxygen atoms in total. The number of halogens is 1. The van der Waals surface area contributed by atoms with E-state index in [0.29, 0.717) is 19.3 Å². The van der Waals surface area contributed by atoms with Crippen molar-refractivity contribution in [2.24, 2.45) is 5.41 Å². The van der Waals surface area contributed by atoms with Gasteiger partial charge < -0.3 is 14.6 Å². The summed E-state index contributed by atoms with van der Waals surface area (Å²) in [5, 5.41) is 10.5. The number of hydrogen-bond donors (Lipinski definition) is 1. The first-order valence-electron chi connectivity index (χ1n) is 6.09. The largest absolute Gasteiger partial charge is 0.363 e. The van der Waals surface area contributed by atoms with Crippen molar-refractivity contribution in [3.63, 3.8) is 0 Å². The number of ketones is 1. The van der Waals surface area contributed by atoms with Crippen molar-refractivity contribution in [2.75, 3.05) is 4.43 Å². The summed E-state index contributed by atoms with van der Waals surface area (Å²) >= 11 is 2.25. The minimum absolute atomic E-state index is 0.0120. The molecule has 1 N–H and O–H groups in total. The van der Waals surface area contributed by atoms with Crippen LogP contribution in [0.4, 0.5) is 0 Å². The van der Waals surface area contributed by atoms with Crippen LogP contribution >= 0.6 is 22.6 Å². The molecule has 2 fully saturated rings. The topological polar surface area (TPSA) is 65.0 Å². The molecule has 104 valence electrons. The number of alkyl halides is 1. The van der Waals surface area contributed by atoms with Gasteiger partial charge in [0.1, 0.15) is 5.78 Å². The molecular weight excluding hydrogens is 351 g/mol. The molecule has 0 radical (unpaired) electrons. The number of hydrogen-bond acceptors (Lipinski definition) is 5. The monoisotopic (exact) mass is 370 g/mol. The third-order valence-electron chi connectivity index (χ3n) is 4.16. The van der Waals surface area contributed by atoms with Crippen molar-refractivity contribution < 1.29 is 24.4 Å². The predicted octanol–water partition coefficient (Wildman–Crippen LogP) is 1.95. The molecule has 6 heteroatoms. The van der Waals surface area contributed by atoms with E-state index in [1.165, 1.54) is 0 Å². The number of ether oxygens (including phenoxy) is 1. The fourth-order valence-corrected chi connectivity index (χ4v) is 3.52. The molecule has 0 unspecified atom stereocenters. The summed E-state index contributed by atoms with van der Waals surface area (Å²) in [5.41, 5.74) is -0.693. The van der Waals surface area contributed by atoms with Gasteiger partial charge in [-0.2, -0.15) is 9.78 Å². The van der Waals surface area contributed by atoms with Crippen LogP contribution in [0.1, 0.15) is 40.0 Å². The second kappa shape index (κ2) is 4.66. The van der Waals surface area contributed by atoms with E-state index >= 15 is 0 Å². The maximum atomic E-state index is 11.2. The zero-order valence-electron chi connectivity index (χ0n) is 10.9. The van der Waals surface area contributed by atoms with E-state index in [0.717, 1.165) is 4.43 Å². The summed E-state index contributed by atoms with van der Waals surface area (Å²) in [7, 11) is 0. The normalized spacial score (nSPS) is 47.3. The molecule has 0 spiro atoms. The van der Waals surface area contributed by atoms with Crippen molar-refractivity contribution >= 4 is 28.4 Å². The van der Waals surface area contributed by atoms with Gasteiger partial charge in [-0.05, 0) is 33.6 Å². The van der Waals surface area contributed by atoms with Crippen LogP contribution in [0.3, 0.4) is 0 Å². The molecule has 0 saturated carbocycles. The van der Waals surface area contributed by atoms with Crippen molar-refractivity contribution in [1.29, 1.82) is 0 Å². The Kier molecular flexibility index (Phi) is 3.79. The second-order valence-corrected chi connectivity index (χ2v) is 6.36. The van der Waals surface area contributed by atoms with E-state index in [-0.39, 0.29) is 11.9 Å². The highest BCUT2D eigenvalue weighted by atomic mass is 127. The van der Waals surface area contributed by atoms with Gasteiger partial charge in [-0.15, -0.1) is 0 Å². The van der Waals surface area contributed by atoms with Gasteiger partial charge in [0.2, 0.25) is 11.6 Å². The minimum atomic E-state index is -1.43. The Morgan fingerprint density at radius 3 is 2.67 bits per heavy atom. The molecule has 0 bridgehead atoms. The maximum absolute atomic E-state index is 11.2. The number of carbonyl (C=O) groups is 1. The first-order valence-corrected chi connectivity index (χ1v) is 7.61. The molecule has 4 atom stereocenters. The van der Waals surface area contributed by atoms with Crippen molar-refractivity contribution in [1.82, 2.24) is 0 Å². The average molecular weight is 370 g/mol. The molecule has 2 rings (SSSR count). The molecule has 0 aromatic carbocycles. The van der Waals surface area contributed by atoms with Gasteiger partial charge in [-0.25, -0.2) is 0 Å². The molecule has 2 aliphatic heterocycles. The molecule has 0 amide bonds. The maximum Gasteiger partial charge on any atom is 0.210 e. The SMILES string of the molecule is CC(=O)CC[C@]12C[C@@H](CI)O[C@@]1(C)OO[C@]2(C)O. The molecule has 18 heavy (non-hydrogen) atoms. The lowest BCUT2D eigenvalue weighted by Crippen LogP contribution is -2.50. The lowest BCUT2D eigenvalue weighted by atomic mass is 9.68. The van der Waals surface area contributed by atoms with E-state index in [1.807, 2.05) is 0 Å². The van der Waals surface area contributed by atoms with Gasteiger partial charge in [-0.3, -0.25) is 0 Å². The molecular formula is C12H19IO5. The van der Waals surface area contributed by atoms with Gasteiger partial charge in [-0.1, -0.05) is 22.6 Å². The second-order valence-electron chi connectivity index (χ2n) is 5.48. The highest BCUT2D eigenvalue weighted by molar-refractivity contribution is 14.1. The van der Waals surface area contributed by atoms with Gasteiger partial charge in [0, 0.05) is 10.8 Å². The zero-order valence-corrected chi connectivity index (χ0v) is 13.0. The van der Waals surface area contributed by atoms with Crippen LogP contribution in [0.25, 0.3) is 0 Å². The fraction of sp³-hybridized carbons (Fsp3) is 0.917. The van der Waals surface area contributed by atoms with E-state index < -0.39 is 17.0 Å². The van der Waals surface area contributed by atoms with Gasteiger partial charge in [0.25, 0.3) is 0 Å². The molecule has 0 aromatic rings. The Hall–Kier alpha value is 0.240. The Labute approximate surface area is 120 Å². The molecule has 0 aliphatic carbocycles. The standard InChI is InChI=1S/C12H19IO5/c1-8(14)4-5-12-6-9(7-13)16-11(12,3)18-17-10(12,2)15/h9,15H,4-7H2,1-3H3/t9-,10-,11-,12+/m0/s1.